The van der Waals surface area contributed by atoms with E-state index in [-0.39, 0.29) is 11.4 Å². The Balaban J connectivity index is 1.65. The van der Waals surface area contributed by atoms with Crippen molar-refractivity contribution in [3.8, 4) is 0 Å². The number of nitrogens with two attached hydrogens (primary N) is 1. The van der Waals surface area contributed by atoms with E-state index >= 15 is 0 Å². The summed E-state index contributed by atoms with van der Waals surface area (Å²) in [4.78, 5) is 1.80. The SMILES string of the molecule is Nc1cc(F)c(N2CCC(Cc3ccccc3)CC2)c(F)c1. The zero-order chi connectivity index (χ0) is 15.5. The molecule has 0 bridgehead atoms. The molecule has 0 aliphatic carbocycles. The molecule has 1 aliphatic rings. The van der Waals surface area contributed by atoms with Gasteiger partial charge in [0.25, 0.3) is 0 Å². The summed E-state index contributed by atoms with van der Waals surface area (Å²) in [5, 5.41) is 0. The standard InChI is InChI=1S/C18H20F2N2/c19-16-11-15(21)12-17(20)18(16)22-8-6-14(7-9-22)10-13-4-2-1-3-5-13/h1-5,11-12,14H,6-10,21H2. The van der Waals surface area contributed by atoms with Crippen molar-refractivity contribution < 1.29 is 8.78 Å². The molecule has 0 aromatic heterocycles. The molecule has 1 fully saturated rings. The molecule has 22 heavy (non-hydrogen) atoms. The van der Waals surface area contributed by atoms with Crippen molar-refractivity contribution in [3.05, 3.63) is 59.7 Å². The molecule has 2 aromatic rings. The molecule has 0 unspecified atom stereocenters. The quantitative estimate of drug-likeness (QED) is 0.868. The first kappa shape index (κ1) is 14.8. The van der Waals surface area contributed by atoms with Crippen molar-refractivity contribution in [2.75, 3.05) is 23.7 Å². The highest BCUT2D eigenvalue weighted by Crippen LogP contribution is 2.30. The maximum Gasteiger partial charge on any atom is 0.151 e. The van der Waals surface area contributed by atoms with Crippen LogP contribution in [0.3, 0.4) is 0 Å². The number of rotatable bonds is 3. The predicted octanol–water partition coefficient (Wildman–Crippen LogP) is 4.01. The van der Waals surface area contributed by atoms with Crippen molar-refractivity contribution in [2.24, 2.45) is 5.92 Å². The Labute approximate surface area is 129 Å². The van der Waals surface area contributed by atoms with Crippen LogP contribution in [0.25, 0.3) is 0 Å². The van der Waals surface area contributed by atoms with E-state index in [0.29, 0.717) is 19.0 Å². The third-order valence-corrected chi connectivity index (χ3v) is 4.34. The van der Waals surface area contributed by atoms with E-state index in [4.69, 9.17) is 5.73 Å². The molecule has 4 heteroatoms. The maximum atomic E-state index is 14.0. The van der Waals surface area contributed by atoms with Gasteiger partial charge in [-0.15, -0.1) is 0 Å². The van der Waals surface area contributed by atoms with Crippen LogP contribution in [-0.4, -0.2) is 13.1 Å². The third kappa shape index (κ3) is 3.21. The molecule has 2 N–H and O–H groups in total. The van der Waals surface area contributed by atoms with Crippen LogP contribution < -0.4 is 10.6 Å². The maximum absolute atomic E-state index is 14.0. The van der Waals surface area contributed by atoms with Crippen LogP contribution in [-0.2, 0) is 6.42 Å². The fraction of sp³-hybridized carbons (Fsp3) is 0.333. The Morgan fingerprint density at radius 2 is 1.59 bits per heavy atom. The molecule has 1 aliphatic heterocycles. The average Bonchev–Trinajstić information content (AvgIpc) is 2.49. The average molecular weight is 302 g/mol. The van der Waals surface area contributed by atoms with Crippen LogP contribution in [0.4, 0.5) is 20.2 Å². The fourth-order valence-electron chi connectivity index (χ4n) is 3.20. The van der Waals surface area contributed by atoms with Gasteiger partial charge in [0.15, 0.2) is 11.6 Å². The van der Waals surface area contributed by atoms with Crippen LogP contribution >= 0.6 is 0 Å². The molecular weight excluding hydrogens is 282 g/mol. The minimum atomic E-state index is -0.570. The second-order valence-corrected chi connectivity index (χ2v) is 5.95. The van der Waals surface area contributed by atoms with Gasteiger partial charge in [0.05, 0.1) is 0 Å². The first-order valence-corrected chi connectivity index (χ1v) is 7.67. The second kappa shape index (κ2) is 6.34. The molecule has 0 amide bonds. The Morgan fingerprint density at radius 1 is 1.00 bits per heavy atom. The van der Waals surface area contributed by atoms with E-state index in [1.54, 1.807) is 4.90 Å². The molecule has 3 rings (SSSR count). The van der Waals surface area contributed by atoms with Crippen molar-refractivity contribution in [1.82, 2.24) is 0 Å². The molecule has 0 radical (unpaired) electrons. The van der Waals surface area contributed by atoms with Crippen LogP contribution in [0.5, 0.6) is 0 Å². The van der Waals surface area contributed by atoms with Gasteiger partial charge in [-0.3, -0.25) is 0 Å². The van der Waals surface area contributed by atoms with Gasteiger partial charge in [-0.25, -0.2) is 8.78 Å². The van der Waals surface area contributed by atoms with Crippen LogP contribution in [0.15, 0.2) is 42.5 Å². The van der Waals surface area contributed by atoms with Crippen molar-refractivity contribution >= 4 is 11.4 Å². The van der Waals surface area contributed by atoms with Gasteiger partial charge in [-0.05, 0) is 42.9 Å². The van der Waals surface area contributed by atoms with Gasteiger partial charge in [-0.2, -0.15) is 0 Å². The number of halogens is 2. The molecule has 1 saturated heterocycles. The van der Waals surface area contributed by atoms with E-state index < -0.39 is 11.6 Å². The predicted molar refractivity (Wildman–Crippen MR) is 85.9 cm³/mol. The van der Waals surface area contributed by atoms with Crippen molar-refractivity contribution in [1.29, 1.82) is 0 Å². The number of nitrogens with zero attached hydrogens (tertiary/aromatic N) is 1. The van der Waals surface area contributed by atoms with E-state index in [0.717, 1.165) is 19.3 Å². The van der Waals surface area contributed by atoms with E-state index in [2.05, 4.69) is 12.1 Å². The highest BCUT2D eigenvalue weighted by atomic mass is 19.1. The third-order valence-electron chi connectivity index (χ3n) is 4.34. The smallest absolute Gasteiger partial charge is 0.151 e. The lowest BCUT2D eigenvalue weighted by molar-refractivity contribution is 0.398. The fourth-order valence-corrected chi connectivity index (χ4v) is 3.20. The summed E-state index contributed by atoms with van der Waals surface area (Å²) >= 11 is 0. The summed E-state index contributed by atoms with van der Waals surface area (Å²) in [6.07, 6.45) is 2.91. The molecule has 0 spiro atoms. The van der Waals surface area contributed by atoms with Crippen molar-refractivity contribution in [3.63, 3.8) is 0 Å². The number of anilines is 2. The molecular formula is C18H20F2N2. The largest absolute Gasteiger partial charge is 0.399 e. The lowest BCUT2D eigenvalue weighted by atomic mass is 9.90. The Kier molecular flexibility index (Phi) is 4.27. The molecule has 0 saturated carbocycles. The first-order chi connectivity index (χ1) is 10.6. The van der Waals surface area contributed by atoms with E-state index in [9.17, 15) is 8.78 Å². The summed E-state index contributed by atoms with van der Waals surface area (Å²) < 4.78 is 28.0. The van der Waals surface area contributed by atoms with Gasteiger partial charge in [-0.1, -0.05) is 30.3 Å². The minimum Gasteiger partial charge on any atom is -0.399 e. The summed E-state index contributed by atoms with van der Waals surface area (Å²) in [5.74, 6) is -0.573. The Hall–Kier alpha value is -2.10. The highest BCUT2D eigenvalue weighted by Gasteiger charge is 2.24. The molecule has 0 atom stereocenters. The summed E-state index contributed by atoms with van der Waals surface area (Å²) in [6, 6.07) is 12.7. The topological polar surface area (TPSA) is 29.3 Å². The number of piperidine rings is 1. The molecule has 1 heterocycles. The lowest BCUT2D eigenvalue weighted by Crippen LogP contribution is -2.35. The number of benzene rings is 2. The summed E-state index contributed by atoms with van der Waals surface area (Å²) in [6.45, 7) is 1.35. The normalized spacial score (nSPS) is 16.0. The van der Waals surface area contributed by atoms with Crippen molar-refractivity contribution in [2.45, 2.75) is 19.3 Å². The molecule has 116 valence electrons. The van der Waals surface area contributed by atoms with E-state index in [1.807, 2.05) is 18.2 Å². The van der Waals surface area contributed by atoms with Crippen LogP contribution in [0.2, 0.25) is 0 Å². The monoisotopic (exact) mass is 302 g/mol. The Bertz CT molecular complexity index is 612. The van der Waals surface area contributed by atoms with Crippen LogP contribution in [0, 0.1) is 17.6 Å². The van der Waals surface area contributed by atoms with Gasteiger partial charge in [0.1, 0.15) is 5.69 Å². The highest BCUT2D eigenvalue weighted by molar-refractivity contribution is 5.56. The van der Waals surface area contributed by atoms with Gasteiger partial charge in [0.2, 0.25) is 0 Å². The molecule has 2 aromatic carbocycles. The van der Waals surface area contributed by atoms with Crippen LogP contribution in [0.1, 0.15) is 18.4 Å². The summed E-state index contributed by atoms with van der Waals surface area (Å²) in [7, 11) is 0. The summed E-state index contributed by atoms with van der Waals surface area (Å²) in [5.41, 5.74) is 6.98. The number of hydrogen-bond acceptors (Lipinski definition) is 2. The second-order valence-electron chi connectivity index (χ2n) is 5.95. The minimum absolute atomic E-state index is 0.0624. The van der Waals surface area contributed by atoms with E-state index in [1.165, 1.54) is 17.7 Å². The van der Waals surface area contributed by atoms with Gasteiger partial charge < -0.3 is 10.6 Å². The molecule has 2 nitrogen and oxygen atoms in total. The first-order valence-electron chi connectivity index (χ1n) is 7.67. The number of hydrogen-bond donors (Lipinski definition) is 1. The lowest BCUT2D eigenvalue weighted by Gasteiger charge is -2.34. The van der Waals surface area contributed by atoms with Gasteiger partial charge >= 0.3 is 0 Å². The zero-order valence-corrected chi connectivity index (χ0v) is 12.4. The van der Waals surface area contributed by atoms with Gasteiger partial charge in [0, 0.05) is 18.8 Å². The zero-order valence-electron chi connectivity index (χ0n) is 12.4. The number of nitrogen functional groups attached to an aromatic ring is 1. The Morgan fingerprint density at radius 3 is 2.18 bits per heavy atom.